The minimum atomic E-state index is -0.00156. The highest BCUT2D eigenvalue weighted by Crippen LogP contribution is 2.32. The van der Waals surface area contributed by atoms with Crippen molar-refractivity contribution in [3.05, 3.63) is 34.7 Å². The number of carbonyl (C=O) groups excluding carboxylic acids is 2. The fraction of sp³-hybridized carbons (Fsp3) is 0.679. The Balaban J connectivity index is 1.14. The number of aryl methyl sites for hydroxylation is 3. The van der Waals surface area contributed by atoms with E-state index in [1.807, 2.05) is 18.7 Å². The van der Waals surface area contributed by atoms with Crippen LogP contribution in [0.15, 0.2) is 6.20 Å². The molecule has 2 amide bonds. The number of likely N-dealkylation sites (tertiary alicyclic amines) is 1. The van der Waals surface area contributed by atoms with Gasteiger partial charge in [0.05, 0.1) is 18.0 Å². The van der Waals surface area contributed by atoms with Crippen LogP contribution in [0.4, 0.5) is 0 Å². The van der Waals surface area contributed by atoms with E-state index in [1.54, 1.807) is 13.1 Å². The molecule has 9 nitrogen and oxygen atoms in total. The quantitative estimate of drug-likeness (QED) is 0.614. The van der Waals surface area contributed by atoms with Gasteiger partial charge in [-0.15, -0.1) is 0 Å². The summed E-state index contributed by atoms with van der Waals surface area (Å²) in [6.07, 6.45) is 12.2. The van der Waals surface area contributed by atoms with Crippen LogP contribution in [-0.2, 0) is 24.2 Å². The standard InChI is InChI=1S/C28H40N6O3/c1-18-26(17-29-19(2)30-18)37-23-9-7-21(8-10-23)11-16-34-25-6-4-5-24(25)27(32-34)28(36)33-14-12-22(13-15-33)31-20(3)35/h17,21-23H,4-16H2,1-3H3,(H,31,35)/t21-,23+. The first-order chi connectivity index (χ1) is 17.9. The molecular formula is C28H40N6O3. The summed E-state index contributed by atoms with van der Waals surface area (Å²) < 4.78 is 8.35. The van der Waals surface area contributed by atoms with Gasteiger partial charge in [-0.25, -0.2) is 9.97 Å². The highest BCUT2D eigenvalue weighted by molar-refractivity contribution is 5.94. The van der Waals surface area contributed by atoms with Crippen molar-refractivity contribution < 1.29 is 14.3 Å². The van der Waals surface area contributed by atoms with Crippen molar-refractivity contribution in [1.82, 2.24) is 30.0 Å². The lowest BCUT2D eigenvalue weighted by molar-refractivity contribution is -0.119. The molecule has 3 heterocycles. The van der Waals surface area contributed by atoms with Gasteiger partial charge in [0.1, 0.15) is 5.82 Å². The summed E-state index contributed by atoms with van der Waals surface area (Å²) in [6, 6.07) is 0.166. The van der Waals surface area contributed by atoms with Crippen molar-refractivity contribution in [3.8, 4) is 5.75 Å². The van der Waals surface area contributed by atoms with Gasteiger partial charge in [-0.2, -0.15) is 5.10 Å². The molecule has 0 unspecified atom stereocenters. The molecule has 37 heavy (non-hydrogen) atoms. The smallest absolute Gasteiger partial charge is 0.274 e. The summed E-state index contributed by atoms with van der Waals surface area (Å²) in [7, 11) is 0. The Labute approximate surface area is 219 Å². The summed E-state index contributed by atoms with van der Waals surface area (Å²) >= 11 is 0. The second kappa shape index (κ2) is 11.2. The molecule has 0 bridgehead atoms. The minimum absolute atomic E-state index is 0.00156. The zero-order valence-corrected chi connectivity index (χ0v) is 22.5. The third-order valence-electron chi connectivity index (χ3n) is 8.29. The Hall–Kier alpha value is -2.97. The van der Waals surface area contributed by atoms with Crippen LogP contribution in [0, 0.1) is 19.8 Å². The zero-order valence-electron chi connectivity index (χ0n) is 22.5. The fourth-order valence-electron chi connectivity index (χ4n) is 6.24. The average molecular weight is 509 g/mol. The molecule has 9 heteroatoms. The number of nitrogens with one attached hydrogen (secondary N) is 1. The number of fused-ring (bicyclic) bond motifs is 1. The normalized spacial score (nSPS) is 22.1. The zero-order chi connectivity index (χ0) is 25.9. The number of amides is 2. The van der Waals surface area contributed by atoms with E-state index in [-0.39, 0.29) is 24.0 Å². The fourth-order valence-corrected chi connectivity index (χ4v) is 6.24. The van der Waals surface area contributed by atoms with Crippen LogP contribution in [-0.4, -0.2) is 61.7 Å². The molecule has 2 aromatic heterocycles. The predicted molar refractivity (Wildman–Crippen MR) is 139 cm³/mol. The molecule has 1 N–H and O–H groups in total. The lowest BCUT2D eigenvalue weighted by Gasteiger charge is -2.32. The summed E-state index contributed by atoms with van der Waals surface area (Å²) in [4.78, 5) is 35.3. The van der Waals surface area contributed by atoms with E-state index in [0.29, 0.717) is 24.7 Å². The molecule has 1 saturated carbocycles. The van der Waals surface area contributed by atoms with Crippen LogP contribution in [0.1, 0.15) is 91.6 Å². The second-order valence-electron chi connectivity index (χ2n) is 11.0. The number of aromatic nitrogens is 4. The highest BCUT2D eigenvalue weighted by atomic mass is 16.5. The van der Waals surface area contributed by atoms with Crippen LogP contribution >= 0.6 is 0 Å². The molecule has 0 aromatic carbocycles. The molecule has 200 valence electrons. The predicted octanol–water partition coefficient (Wildman–Crippen LogP) is 3.55. The SMILES string of the molecule is CC(=O)NC1CCN(C(=O)c2nn(CC[C@H]3CC[C@@H](Oc4cnc(C)nc4C)CC3)c3c2CCC3)CC1. The van der Waals surface area contributed by atoms with Gasteiger partial charge in [-0.05, 0) is 84.0 Å². The lowest BCUT2D eigenvalue weighted by atomic mass is 9.85. The van der Waals surface area contributed by atoms with E-state index in [9.17, 15) is 9.59 Å². The van der Waals surface area contributed by atoms with Gasteiger partial charge in [0.2, 0.25) is 5.91 Å². The minimum Gasteiger partial charge on any atom is -0.487 e. The number of carbonyl (C=O) groups is 2. The number of ether oxygens (including phenoxy) is 1. The van der Waals surface area contributed by atoms with Crippen LogP contribution in [0.3, 0.4) is 0 Å². The summed E-state index contributed by atoms with van der Waals surface area (Å²) in [6.45, 7) is 7.64. The van der Waals surface area contributed by atoms with E-state index >= 15 is 0 Å². The van der Waals surface area contributed by atoms with E-state index in [1.165, 1.54) is 11.3 Å². The topological polar surface area (TPSA) is 102 Å². The van der Waals surface area contributed by atoms with Gasteiger partial charge >= 0.3 is 0 Å². The molecule has 5 rings (SSSR count). The van der Waals surface area contributed by atoms with Crippen molar-refractivity contribution in [1.29, 1.82) is 0 Å². The molecule has 2 fully saturated rings. The summed E-state index contributed by atoms with van der Waals surface area (Å²) in [5.41, 5.74) is 4.01. The third kappa shape index (κ3) is 5.96. The number of hydrogen-bond acceptors (Lipinski definition) is 6. The van der Waals surface area contributed by atoms with Crippen molar-refractivity contribution in [2.75, 3.05) is 13.1 Å². The Morgan fingerprint density at radius 1 is 1.08 bits per heavy atom. The van der Waals surface area contributed by atoms with Crippen molar-refractivity contribution >= 4 is 11.8 Å². The maximum absolute atomic E-state index is 13.4. The number of rotatable bonds is 7. The van der Waals surface area contributed by atoms with E-state index < -0.39 is 0 Å². The molecule has 3 aliphatic rings. The van der Waals surface area contributed by atoms with Gasteiger partial charge in [0.25, 0.3) is 5.91 Å². The first kappa shape index (κ1) is 25.7. The van der Waals surface area contributed by atoms with Crippen molar-refractivity contribution in [2.24, 2.45) is 5.92 Å². The van der Waals surface area contributed by atoms with Gasteiger partial charge in [0, 0.05) is 43.9 Å². The molecule has 1 saturated heterocycles. The van der Waals surface area contributed by atoms with Crippen molar-refractivity contribution in [2.45, 2.75) is 104 Å². The summed E-state index contributed by atoms with van der Waals surface area (Å²) in [5, 5.41) is 7.85. The van der Waals surface area contributed by atoms with Crippen molar-refractivity contribution in [3.63, 3.8) is 0 Å². The molecule has 1 aliphatic heterocycles. The van der Waals surface area contributed by atoms with Gasteiger partial charge < -0.3 is 15.0 Å². The largest absolute Gasteiger partial charge is 0.487 e. The lowest BCUT2D eigenvalue weighted by Crippen LogP contribution is -2.46. The maximum Gasteiger partial charge on any atom is 0.274 e. The first-order valence-electron chi connectivity index (χ1n) is 14.0. The highest BCUT2D eigenvalue weighted by Gasteiger charge is 2.32. The number of nitrogens with zero attached hydrogens (tertiary/aromatic N) is 5. The molecular weight excluding hydrogens is 468 g/mol. The molecule has 2 aliphatic carbocycles. The van der Waals surface area contributed by atoms with Gasteiger partial charge in [-0.1, -0.05) is 0 Å². The van der Waals surface area contributed by atoms with E-state index in [0.717, 1.165) is 88.0 Å². The van der Waals surface area contributed by atoms with Gasteiger partial charge in [-0.3, -0.25) is 14.3 Å². The molecule has 0 radical (unpaired) electrons. The Morgan fingerprint density at radius 2 is 1.84 bits per heavy atom. The molecule has 0 spiro atoms. The van der Waals surface area contributed by atoms with Crippen LogP contribution in [0.2, 0.25) is 0 Å². The first-order valence-corrected chi connectivity index (χ1v) is 14.0. The van der Waals surface area contributed by atoms with Crippen LogP contribution < -0.4 is 10.1 Å². The molecule has 2 aromatic rings. The second-order valence-corrected chi connectivity index (χ2v) is 11.0. The van der Waals surface area contributed by atoms with Crippen LogP contribution in [0.5, 0.6) is 5.75 Å². The molecule has 0 atom stereocenters. The summed E-state index contributed by atoms with van der Waals surface area (Å²) in [5.74, 6) is 2.29. The van der Waals surface area contributed by atoms with Crippen LogP contribution in [0.25, 0.3) is 0 Å². The van der Waals surface area contributed by atoms with Gasteiger partial charge in [0.15, 0.2) is 11.4 Å². The van der Waals surface area contributed by atoms with E-state index in [2.05, 4.69) is 20.0 Å². The average Bonchev–Trinajstić information content (AvgIpc) is 3.48. The van der Waals surface area contributed by atoms with E-state index in [4.69, 9.17) is 9.84 Å². The monoisotopic (exact) mass is 508 g/mol. The maximum atomic E-state index is 13.4. The Kier molecular flexibility index (Phi) is 7.76. The Bertz CT molecular complexity index is 1130. The third-order valence-corrected chi connectivity index (χ3v) is 8.29. The number of hydrogen-bond donors (Lipinski definition) is 1. The number of piperidine rings is 1. The Morgan fingerprint density at radius 3 is 2.54 bits per heavy atom.